The zero-order valence-electron chi connectivity index (χ0n) is 10.2. The van der Waals surface area contributed by atoms with Crippen molar-refractivity contribution < 1.29 is 13.2 Å². The molecule has 1 unspecified atom stereocenters. The molecule has 6 heteroatoms. The molecule has 0 saturated carbocycles. The second-order valence-corrected chi connectivity index (χ2v) is 6.53. The molecule has 5 nitrogen and oxygen atoms in total. The van der Waals surface area contributed by atoms with Gasteiger partial charge in [0.05, 0.1) is 5.75 Å². The number of carbonyl (C=O) groups is 1. The van der Waals surface area contributed by atoms with E-state index >= 15 is 0 Å². The van der Waals surface area contributed by atoms with E-state index in [1.165, 1.54) is 0 Å². The number of nitrogens with two attached hydrogens (primary N) is 1. The smallest absolute Gasteiger partial charge is 0.235 e. The van der Waals surface area contributed by atoms with Crippen molar-refractivity contribution in [3.8, 4) is 0 Å². The molecule has 1 amide bonds. The Labute approximate surface area is 97.7 Å². The Hall–Kier alpha value is -0.620. The van der Waals surface area contributed by atoms with Crippen molar-refractivity contribution in [2.24, 2.45) is 11.7 Å². The monoisotopic (exact) mass is 250 g/mol. The largest absolute Gasteiger partial charge is 0.355 e. The van der Waals surface area contributed by atoms with Gasteiger partial charge in [0.25, 0.3) is 0 Å². The van der Waals surface area contributed by atoms with E-state index in [9.17, 15) is 13.2 Å². The molecule has 0 aromatic rings. The van der Waals surface area contributed by atoms with E-state index in [4.69, 9.17) is 5.73 Å². The molecule has 0 aliphatic rings. The first-order valence-electron chi connectivity index (χ1n) is 5.49. The van der Waals surface area contributed by atoms with Gasteiger partial charge in [0.2, 0.25) is 5.91 Å². The summed E-state index contributed by atoms with van der Waals surface area (Å²) >= 11 is 0. The standard InChI is InChI=1S/C10H22N2O3S/c1-4-9(11)6-16(14,15)7-10(13)12-5-8(2)3/h8-9H,4-7,11H2,1-3H3,(H,12,13). The van der Waals surface area contributed by atoms with Crippen LogP contribution in [0.5, 0.6) is 0 Å². The minimum atomic E-state index is -3.38. The molecule has 96 valence electrons. The third-order valence-electron chi connectivity index (χ3n) is 2.05. The van der Waals surface area contributed by atoms with E-state index in [-0.39, 0.29) is 11.8 Å². The van der Waals surface area contributed by atoms with Gasteiger partial charge < -0.3 is 11.1 Å². The first-order valence-corrected chi connectivity index (χ1v) is 7.31. The van der Waals surface area contributed by atoms with Crippen LogP contribution >= 0.6 is 0 Å². The highest BCUT2D eigenvalue weighted by molar-refractivity contribution is 7.92. The summed E-state index contributed by atoms with van der Waals surface area (Å²) in [5.74, 6) is -0.729. The average Bonchev–Trinajstić information content (AvgIpc) is 2.13. The predicted molar refractivity (Wildman–Crippen MR) is 64.8 cm³/mol. The second-order valence-electron chi connectivity index (χ2n) is 4.42. The first kappa shape index (κ1) is 15.4. The van der Waals surface area contributed by atoms with Gasteiger partial charge in [-0.3, -0.25) is 4.79 Å². The first-order chi connectivity index (χ1) is 7.26. The van der Waals surface area contributed by atoms with Crippen LogP contribution in [0, 0.1) is 5.92 Å². The summed E-state index contributed by atoms with van der Waals surface area (Å²) in [6.07, 6.45) is 0.590. The van der Waals surface area contributed by atoms with Crippen LogP contribution in [0.4, 0.5) is 0 Å². The zero-order chi connectivity index (χ0) is 12.8. The second kappa shape index (κ2) is 6.85. The third kappa shape index (κ3) is 7.64. The summed E-state index contributed by atoms with van der Waals surface area (Å²) in [6, 6.07) is -0.386. The molecule has 0 aromatic heterocycles. The molecule has 0 rings (SSSR count). The normalized spacial score (nSPS) is 13.8. The summed E-state index contributed by atoms with van der Waals surface area (Å²) in [5, 5.41) is 2.57. The third-order valence-corrected chi connectivity index (χ3v) is 3.69. The summed E-state index contributed by atoms with van der Waals surface area (Å²) in [7, 11) is -3.38. The summed E-state index contributed by atoms with van der Waals surface area (Å²) in [4.78, 5) is 11.3. The Kier molecular flexibility index (Phi) is 6.59. The van der Waals surface area contributed by atoms with Crippen molar-refractivity contribution in [2.45, 2.75) is 33.2 Å². The van der Waals surface area contributed by atoms with Gasteiger partial charge in [0.15, 0.2) is 9.84 Å². The van der Waals surface area contributed by atoms with Crippen LogP contribution in [0.15, 0.2) is 0 Å². The van der Waals surface area contributed by atoms with Crippen LogP contribution in [-0.2, 0) is 14.6 Å². The Balaban J connectivity index is 4.11. The molecule has 0 bridgehead atoms. The van der Waals surface area contributed by atoms with Crippen LogP contribution in [0.2, 0.25) is 0 Å². The molecule has 0 radical (unpaired) electrons. The minimum absolute atomic E-state index is 0.126. The van der Waals surface area contributed by atoms with Gasteiger partial charge in [0.1, 0.15) is 5.75 Å². The maximum absolute atomic E-state index is 11.5. The highest BCUT2D eigenvalue weighted by Gasteiger charge is 2.19. The van der Waals surface area contributed by atoms with Gasteiger partial charge in [0, 0.05) is 12.6 Å². The maximum atomic E-state index is 11.5. The molecule has 0 saturated heterocycles. The van der Waals surface area contributed by atoms with Crippen molar-refractivity contribution in [3.63, 3.8) is 0 Å². The lowest BCUT2D eigenvalue weighted by atomic mass is 10.2. The van der Waals surface area contributed by atoms with Gasteiger partial charge in [-0.1, -0.05) is 20.8 Å². The lowest BCUT2D eigenvalue weighted by Crippen LogP contribution is -2.37. The Morgan fingerprint density at radius 2 is 1.94 bits per heavy atom. The van der Waals surface area contributed by atoms with Crippen LogP contribution in [-0.4, -0.2) is 38.4 Å². The summed E-state index contributed by atoms with van der Waals surface area (Å²) in [6.45, 7) is 6.21. The van der Waals surface area contributed by atoms with Gasteiger partial charge in [-0.15, -0.1) is 0 Å². The van der Waals surface area contributed by atoms with Gasteiger partial charge >= 0.3 is 0 Å². The van der Waals surface area contributed by atoms with E-state index in [1.54, 1.807) is 0 Å². The Bertz CT molecular complexity index is 312. The lowest BCUT2D eigenvalue weighted by molar-refractivity contribution is -0.118. The Morgan fingerprint density at radius 1 is 1.38 bits per heavy atom. The number of hydrogen-bond donors (Lipinski definition) is 2. The average molecular weight is 250 g/mol. The Morgan fingerprint density at radius 3 is 2.38 bits per heavy atom. The van der Waals surface area contributed by atoms with E-state index in [0.717, 1.165) is 0 Å². The van der Waals surface area contributed by atoms with Crippen molar-refractivity contribution in [1.29, 1.82) is 0 Å². The van der Waals surface area contributed by atoms with Gasteiger partial charge in [-0.2, -0.15) is 0 Å². The molecule has 3 N–H and O–H groups in total. The number of nitrogens with one attached hydrogen (secondary N) is 1. The fraction of sp³-hybridized carbons (Fsp3) is 0.900. The highest BCUT2D eigenvalue weighted by atomic mass is 32.2. The predicted octanol–water partition coefficient (Wildman–Crippen LogP) is -0.0893. The molecule has 0 spiro atoms. The zero-order valence-corrected chi connectivity index (χ0v) is 11.0. The van der Waals surface area contributed by atoms with Gasteiger partial charge in [-0.05, 0) is 12.3 Å². The van der Waals surface area contributed by atoms with Crippen molar-refractivity contribution in [1.82, 2.24) is 5.32 Å². The number of hydrogen-bond acceptors (Lipinski definition) is 4. The number of sulfone groups is 1. The van der Waals surface area contributed by atoms with Crippen LogP contribution in [0.25, 0.3) is 0 Å². The lowest BCUT2D eigenvalue weighted by Gasteiger charge is -2.10. The fourth-order valence-corrected chi connectivity index (χ4v) is 2.58. The molecular weight excluding hydrogens is 228 g/mol. The molecule has 0 aliphatic heterocycles. The van der Waals surface area contributed by atoms with E-state index in [2.05, 4.69) is 5.32 Å². The number of rotatable bonds is 7. The van der Waals surface area contributed by atoms with Gasteiger partial charge in [-0.25, -0.2) is 8.42 Å². The molecule has 0 aliphatic carbocycles. The van der Waals surface area contributed by atoms with Crippen LogP contribution < -0.4 is 11.1 Å². The van der Waals surface area contributed by atoms with Crippen LogP contribution in [0.1, 0.15) is 27.2 Å². The van der Waals surface area contributed by atoms with E-state index < -0.39 is 21.5 Å². The fourth-order valence-electron chi connectivity index (χ4n) is 1.07. The quantitative estimate of drug-likeness (QED) is 0.661. The SMILES string of the molecule is CCC(N)CS(=O)(=O)CC(=O)NCC(C)C. The molecule has 1 atom stereocenters. The topological polar surface area (TPSA) is 89.3 Å². The van der Waals surface area contributed by atoms with Crippen molar-refractivity contribution >= 4 is 15.7 Å². The highest BCUT2D eigenvalue weighted by Crippen LogP contribution is 1.97. The molecular formula is C10H22N2O3S. The molecule has 0 heterocycles. The van der Waals surface area contributed by atoms with Crippen molar-refractivity contribution in [3.05, 3.63) is 0 Å². The van der Waals surface area contributed by atoms with E-state index in [1.807, 2.05) is 20.8 Å². The van der Waals surface area contributed by atoms with Crippen LogP contribution in [0.3, 0.4) is 0 Å². The van der Waals surface area contributed by atoms with Crippen molar-refractivity contribution in [2.75, 3.05) is 18.1 Å². The molecule has 16 heavy (non-hydrogen) atoms. The molecule has 0 aromatic carbocycles. The van der Waals surface area contributed by atoms with E-state index in [0.29, 0.717) is 18.9 Å². The summed E-state index contributed by atoms with van der Waals surface area (Å²) in [5.41, 5.74) is 5.55. The minimum Gasteiger partial charge on any atom is -0.355 e. The number of amides is 1. The number of carbonyl (C=O) groups excluding carboxylic acids is 1. The summed E-state index contributed by atoms with van der Waals surface area (Å²) < 4.78 is 23.0. The maximum Gasteiger partial charge on any atom is 0.235 e. The molecule has 0 fully saturated rings.